The molecule has 2 N–H and O–H groups in total. The van der Waals surface area contributed by atoms with Crippen LogP contribution in [0.3, 0.4) is 0 Å². The number of aliphatic hydroxyl groups is 1. The van der Waals surface area contributed by atoms with Crippen molar-refractivity contribution in [2.24, 2.45) is 0 Å². The zero-order chi connectivity index (χ0) is 20.8. The molecule has 1 aliphatic rings. The number of carbonyl (C=O) groups excluding carboxylic acids is 2. The van der Waals surface area contributed by atoms with Gasteiger partial charge < -0.3 is 19.9 Å². The summed E-state index contributed by atoms with van der Waals surface area (Å²) in [4.78, 5) is 24.5. The van der Waals surface area contributed by atoms with Crippen LogP contribution in [0.2, 0.25) is 0 Å². The van der Waals surface area contributed by atoms with E-state index in [1.807, 2.05) is 0 Å². The zero-order valence-electron chi connectivity index (χ0n) is 15.8. The van der Waals surface area contributed by atoms with Crippen molar-refractivity contribution in [3.63, 3.8) is 0 Å². The topological polar surface area (TPSA) is 84.9 Å². The number of benzene rings is 2. The molecule has 154 valence electrons. The Hall–Kier alpha value is -2.42. The van der Waals surface area contributed by atoms with E-state index in [9.17, 15) is 19.1 Å². The second-order valence-electron chi connectivity index (χ2n) is 6.65. The highest BCUT2D eigenvalue weighted by Gasteiger charge is 2.39. The van der Waals surface area contributed by atoms with Crippen LogP contribution in [-0.4, -0.2) is 47.3 Å². The number of carbonyl (C=O) groups is 2. The van der Waals surface area contributed by atoms with Crippen LogP contribution in [0.4, 0.5) is 4.39 Å². The average molecular weight is 419 g/mol. The van der Waals surface area contributed by atoms with Crippen LogP contribution >= 0.6 is 11.8 Å². The lowest BCUT2D eigenvalue weighted by Gasteiger charge is -2.39. The molecular formula is C21H22FNO5S. The molecule has 1 saturated heterocycles. The van der Waals surface area contributed by atoms with Crippen molar-refractivity contribution in [2.75, 3.05) is 6.61 Å². The second kappa shape index (κ2) is 9.87. The van der Waals surface area contributed by atoms with E-state index >= 15 is 0 Å². The summed E-state index contributed by atoms with van der Waals surface area (Å²) in [5, 5.41) is 13.0. The lowest BCUT2D eigenvalue weighted by atomic mass is 10.0. The molecule has 2 unspecified atom stereocenters. The summed E-state index contributed by atoms with van der Waals surface area (Å²) in [6, 6.07) is 14.6. The Morgan fingerprint density at radius 2 is 1.90 bits per heavy atom. The van der Waals surface area contributed by atoms with Crippen molar-refractivity contribution in [3.05, 3.63) is 66.0 Å². The van der Waals surface area contributed by atoms with Crippen LogP contribution in [0.25, 0.3) is 0 Å². The molecule has 0 aliphatic carbocycles. The lowest BCUT2D eigenvalue weighted by molar-refractivity contribution is -0.160. The molecule has 3 rings (SSSR count). The number of esters is 1. The molecule has 0 spiro atoms. The zero-order valence-corrected chi connectivity index (χ0v) is 16.6. The number of ether oxygens (including phenoxy) is 2. The third kappa shape index (κ3) is 6.03. The Kier molecular flexibility index (Phi) is 7.24. The first-order chi connectivity index (χ1) is 13.9. The highest BCUT2D eigenvalue weighted by Crippen LogP contribution is 2.34. The molecule has 1 heterocycles. The maximum absolute atomic E-state index is 13.2. The summed E-state index contributed by atoms with van der Waals surface area (Å²) in [6.07, 6.45) is -2.14. The standard InChI is InChI=1S/C21H22FNO5S/c1-13(24)27-12-18-19(29-16-9-7-15(22)8-10-16)11-17(25)21(28-18)23-20(26)14-5-3-2-4-6-14/h2-10,17-19,21,25H,11-12H2,1H3,(H,23,26)/t17?,18-,19?,21-/m1/s1. The number of nitrogens with one attached hydrogen (secondary N) is 1. The number of halogens is 1. The predicted molar refractivity (Wildman–Crippen MR) is 106 cm³/mol. The molecule has 2 aromatic rings. The van der Waals surface area contributed by atoms with Gasteiger partial charge in [0, 0.05) is 22.6 Å². The first-order valence-electron chi connectivity index (χ1n) is 9.17. The van der Waals surface area contributed by atoms with Crippen molar-refractivity contribution in [1.82, 2.24) is 5.32 Å². The van der Waals surface area contributed by atoms with Crippen LogP contribution < -0.4 is 5.32 Å². The SMILES string of the molecule is CC(=O)OC[C@H]1O[C@@H](NC(=O)c2ccccc2)C(O)CC1Sc1ccc(F)cc1. The maximum atomic E-state index is 13.2. The van der Waals surface area contributed by atoms with E-state index in [-0.39, 0.29) is 23.6 Å². The number of hydrogen-bond acceptors (Lipinski definition) is 6. The van der Waals surface area contributed by atoms with Gasteiger partial charge in [0.05, 0.1) is 6.10 Å². The number of aliphatic hydroxyl groups excluding tert-OH is 1. The fourth-order valence-corrected chi connectivity index (χ4v) is 4.20. The Morgan fingerprint density at radius 1 is 1.21 bits per heavy atom. The van der Waals surface area contributed by atoms with Crippen LogP contribution in [-0.2, 0) is 14.3 Å². The Morgan fingerprint density at radius 3 is 2.55 bits per heavy atom. The highest BCUT2D eigenvalue weighted by atomic mass is 32.2. The predicted octanol–water partition coefficient (Wildman–Crippen LogP) is 2.76. The fraction of sp³-hybridized carbons (Fsp3) is 0.333. The van der Waals surface area contributed by atoms with Gasteiger partial charge in [-0.1, -0.05) is 18.2 Å². The van der Waals surface area contributed by atoms with Gasteiger partial charge >= 0.3 is 5.97 Å². The van der Waals surface area contributed by atoms with Gasteiger partial charge in [0.1, 0.15) is 18.5 Å². The van der Waals surface area contributed by atoms with E-state index in [1.165, 1.54) is 30.8 Å². The number of amides is 1. The minimum Gasteiger partial charge on any atom is -0.463 e. The monoisotopic (exact) mass is 419 g/mol. The summed E-state index contributed by atoms with van der Waals surface area (Å²) in [7, 11) is 0. The van der Waals surface area contributed by atoms with E-state index in [4.69, 9.17) is 9.47 Å². The summed E-state index contributed by atoms with van der Waals surface area (Å²) < 4.78 is 24.2. The number of hydrogen-bond donors (Lipinski definition) is 2. The molecule has 2 aromatic carbocycles. The summed E-state index contributed by atoms with van der Waals surface area (Å²) >= 11 is 1.40. The molecule has 8 heteroatoms. The molecule has 6 nitrogen and oxygen atoms in total. The molecule has 1 fully saturated rings. The van der Waals surface area contributed by atoms with Gasteiger partial charge in [-0.15, -0.1) is 11.8 Å². The third-order valence-corrected chi connectivity index (χ3v) is 5.76. The van der Waals surface area contributed by atoms with Crippen LogP contribution in [0.15, 0.2) is 59.5 Å². The molecule has 0 bridgehead atoms. The number of rotatable bonds is 6. The van der Waals surface area contributed by atoms with Crippen molar-refractivity contribution in [2.45, 2.75) is 41.9 Å². The quantitative estimate of drug-likeness (QED) is 0.701. The smallest absolute Gasteiger partial charge is 0.302 e. The second-order valence-corrected chi connectivity index (χ2v) is 7.96. The molecular weight excluding hydrogens is 397 g/mol. The molecule has 0 radical (unpaired) electrons. The third-order valence-electron chi connectivity index (χ3n) is 4.42. The molecule has 29 heavy (non-hydrogen) atoms. The van der Waals surface area contributed by atoms with Crippen molar-refractivity contribution >= 4 is 23.6 Å². The first-order valence-corrected chi connectivity index (χ1v) is 10.1. The van der Waals surface area contributed by atoms with E-state index < -0.39 is 24.4 Å². The van der Waals surface area contributed by atoms with Crippen LogP contribution in [0.5, 0.6) is 0 Å². The largest absolute Gasteiger partial charge is 0.463 e. The normalized spacial score (nSPS) is 24.0. The Balaban J connectivity index is 1.70. The van der Waals surface area contributed by atoms with Gasteiger partial charge in [-0.3, -0.25) is 9.59 Å². The summed E-state index contributed by atoms with van der Waals surface area (Å²) in [5.41, 5.74) is 0.447. The maximum Gasteiger partial charge on any atom is 0.302 e. The minimum atomic E-state index is -0.950. The van der Waals surface area contributed by atoms with Crippen LogP contribution in [0.1, 0.15) is 23.7 Å². The van der Waals surface area contributed by atoms with Gasteiger partial charge in [0.2, 0.25) is 0 Å². The van der Waals surface area contributed by atoms with E-state index in [0.717, 1.165) is 4.90 Å². The Bertz CT molecular complexity index is 833. The molecule has 1 amide bonds. The average Bonchev–Trinajstić information content (AvgIpc) is 2.71. The molecule has 0 saturated carbocycles. The highest BCUT2D eigenvalue weighted by molar-refractivity contribution is 8.00. The minimum absolute atomic E-state index is 0.0153. The van der Waals surface area contributed by atoms with Gasteiger partial charge in [0.15, 0.2) is 6.23 Å². The van der Waals surface area contributed by atoms with Crippen LogP contribution in [0, 0.1) is 5.82 Å². The van der Waals surface area contributed by atoms with Gasteiger partial charge in [-0.05, 0) is 42.8 Å². The van der Waals surface area contributed by atoms with Gasteiger partial charge in [0.25, 0.3) is 5.91 Å². The van der Waals surface area contributed by atoms with Gasteiger partial charge in [-0.2, -0.15) is 0 Å². The number of thioether (sulfide) groups is 1. The molecule has 0 aromatic heterocycles. The summed E-state index contributed by atoms with van der Waals surface area (Å²) in [5.74, 6) is -1.16. The van der Waals surface area contributed by atoms with Crippen molar-refractivity contribution in [1.29, 1.82) is 0 Å². The summed E-state index contributed by atoms with van der Waals surface area (Å²) in [6.45, 7) is 1.28. The van der Waals surface area contributed by atoms with E-state index in [1.54, 1.807) is 42.5 Å². The van der Waals surface area contributed by atoms with E-state index in [2.05, 4.69) is 5.32 Å². The van der Waals surface area contributed by atoms with Crippen molar-refractivity contribution in [3.8, 4) is 0 Å². The Labute approximate surface area is 172 Å². The fourth-order valence-electron chi connectivity index (χ4n) is 2.97. The van der Waals surface area contributed by atoms with Gasteiger partial charge in [-0.25, -0.2) is 4.39 Å². The van der Waals surface area contributed by atoms with Crippen molar-refractivity contribution < 1.29 is 28.6 Å². The first kappa shape index (κ1) is 21.3. The molecule has 1 aliphatic heterocycles. The lowest BCUT2D eigenvalue weighted by Crippen LogP contribution is -2.55. The van der Waals surface area contributed by atoms with E-state index in [0.29, 0.717) is 12.0 Å². The molecule has 4 atom stereocenters.